The Morgan fingerprint density at radius 1 is 1.10 bits per heavy atom. The van der Waals surface area contributed by atoms with Gasteiger partial charge in [0.2, 0.25) is 29.5 Å². The summed E-state index contributed by atoms with van der Waals surface area (Å²) in [7, 11) is 0. The number of aryl methyl sites for hydroxylation is 2. The summed E-state index contributed by atoms with van der Waals surface area (Å²) < 4.78 is 13.4. The molecule has 2 aliphatic heterocycles. The largest absolute Gasteiger partial charge is 0.475 e. The number of thiophene rings is 1. The Bertz CT molecular complexity index is 2930. The molecule has 20 nitrogen and oxygen atoms in total. The van der Waals surface area contributed by atoms with E-state index in [0.29, 0.717) is 52.0 Å². The highest BCUT2D eigenvalue weighted by Gasteiger charge is 2.45. The second-order valence-corrected chi connectivity index (χ2v) is 22.1. The summed E-state index contributed by atoms with van der Waals surface area (Å²) in [6.07, 6.45) is 6.73. The number of nitrogens with two attached hydrogens (primary N) is 1. The molecule has 0 unspecified atom stereocenters. The molecule has 1 aromatic carbocycles. The maximum absolute atomic E-state index is 14.3. The standard InChI is InChI=1S/C51H64N14O6S2/c1-29(2)43(48(69)64-26-35(67)23-38(64)47(68)57-42(32(5)66)33-12-14-34(15-13-33)44-31(4)55-28-72-44)65-27-40(59-61-65)70-22-8-7-19-62-20-10-21-63(30(3)25-62)50-54-18-16-37(56-50)46-58-49(71-60-46)51(6)17-9-11-39-41(51)36(24-52)45(53)73-39/h12-16,18,27-30,32,35,38,42-43,66-67H,7-11,17,19-23,25-26,53H2,1-6H3,(H,57,68)/t30-,32-,35+,38-,42-,43+,51-/m0/s1. The van der Waals surface area contributed by atoms with Gasteiger partial charge in [-0.15, -0.1) is 22.7 Å². The number of aliphatic hydroxyl groups is 2. The molecule has 2 saturated heterocycles. The first kappa shape index (κ1) is 51.5. The summed E-state index contributed by atoms with van der Waals surface area (Å²) in [5.41, 5.74) is 12.0. The Morgan fingerprint density at radius 3 is 2.64 bits per heavy atom. The van der Waals surface area contributed by atoms with Crippen molar-refractivity contribution in [3.05, 3.63) is 81.4 Å². The average Bonchev–Trinajstić information content (AvgIpc) is 4.23. The third kappa shape index (κ3) is 10.8. The molecule has 0 spiro atoms. The number of thiazole rings is 1. The van der Waals surface area contributed by atoms with Crippen LogP contribution >= 0.6 is 22.7 Å². The highest BCUT2D eigenvalue weighted by Crippen LogP contribution is 2.48. The fourth-order valence-electron chi connectivity index (χ4n) is 10.6. The molecule has 73 heavy (non-hydrogen) atoms. The number of likely N-dealkylation sites (tertiary alicyclic amines) is 1. The Labute approximate surface area is 432 Å². The Hall–Kier alpha value is -6.38. The van der Waals surface area contributed by atoms with Gasteiger partial charge in [0.15, 0.2) is 0 Å². The number of carbonyl (C=O) groups is 2. The lowest BCUT2D eigenvalue weighted by atomic mass is 9.72. The molecule has 2 amide bonds. The van der Waals surface area contributed by atoms with E-state index in [0.717, 1.165) is 91.3 Å². The van der Waals surface area contributed by atoms with Gasteiger partial charge in [-0.3, -0.25) is 9.59 Å². The van der Waals surface area contributed by atoms with Crippen molar-refractivity contribution in [2.24, 2.45) is 5.92 Å². The lowest BCUT2D eigenvalue weighted by Crippen LogP contribution is -2.50. The van der Waals surface area contributed by atoms with Crippen LogP contribution in [-0.2, 0) is 21.4 Å². The number of nitrogens with one attached hydrogen (secondary N) is 1. The number of hydrogen-bond acceptors (Lipinski definition) is 19. The predicted octanol–water partition coefficient (Wildman–Crippen LogP) is 5.86. The van der Waals surface area contributed by atoms with E-state index in [9.17, 15) is 25.1 Å². The summed E-state index contributed by atoms with van der Waals surface area (Å²) in [6, 6.07) is 9.35. The minimum absolute atomic E-state index is 0.0156. The van der Waals surface area contributed by atoms with Gasteiger partial charge in [0, 0.05) is 48.7 Å². The van der Waals surface area contributed by atoms with Crippen LogP contribution in [0.2, 0.25) is 0 Å². The molecule has 2 fully saturated rings. The quantitative estimate of drug-likeness (QED) is 0.0779. The van der Waals surface area contributed by atoms with Crippen LogP contribution in [0.1, 0.15) is 118 Å². The number of nitriles is 1. The van der Waals surface area contributed by atoms with Gasteiger partial charge in [0.1, 0.15) is 28.8 Å². The van der Waals surface area contributed by atoms with Gasteiger partial charge >= 0.3 is 0 Å². The van der Waals surface area contributed by atoms with Crippen LogP contribution in [0.15, 0.2) is 52.8 Å². The maximum Gasteiger partial charge on any atom is 0.253 e. The van der Waals surface area contributed by atoms with Crippen LogP contribution in [0.4, 0.5) is 10.9 Å². The fraction of sp³-hybridized carbons (Fsp3) is 0.529. The van der Waals surface area contributed by atoms with Crippen molar-refractivity contribution in [1.29, 1.82) is 5.26 Å². The Morgan fingerprint density at radius 2 is 1.90 bits per heavy atom. The van der Waals surface area contributed by atoms with E-state index in [1.165, 1.54) is 20.9 Å². The van der Waals surface area contributed by atoms with E-state index in [-0.39, 0.29) is 30.8 Å². The molecular formula is C51H64N14O6S2. The number of fused-ring (bicyclic) bond motifs is 1. The van der Waals surface area contributed by atoms with Crippen LogP contribution in [0, 0.1) is 24.2 Å². The normalized spacial score (nSPS) is 21.6. The fourth-order valence-corrected chi connectivity index (χ4v) is 12.6. The molecule has 1 aliphatic carbocycles. The molecular weight excluding hydrogens is 969 g/mol. The summed E-state index contributed by atoms with van der Waals surface area (Å²) in [5.74, 6) is 0.662. The third-order valence-electron chi connectivity index (χ3n) is 14.4. The first-order valence-corrected chi connectivity index (χ1v) is 26.8. The second-order valence-electron chi connectivity index (χ2n) is 20.1. The van der Waals surface area contributed by atoms with Crippen molar-refractivity contribution in [1.82, 2.24) is 55.2 Å². The van der Waals surface area contributed by atoms with E-state index in [1.54, 1.807) is 42.2 Å². The zero-order valence-corrected chi connectivity index (χ0v) is 43.8. The number of ether oxygens (including phenoxy) is 1. The number of benzene rings is 1. The summed E-state index contributed by atoms with van der Waals surface area (Å²) in [4.78, 5) is 55.3. The van der Waals surface area contributed by atoms with Crippen LogP contribution in [0.5, 0.6) is 5.88 Å². The Kier molecular flexibility index (Phi) is 15.5. The van der Waals surface area contributed by atoms with Gasteiger partial charge in [-0.1, -0.05) is 53.6 Å². The van der Waals surface area contributed by atoms with Crippen LogP contribution in [-0.4, -0.2) is 136 Å². The smallest absolute Gasteiger partial charge is 0.253 e. The van der Waals surface area contributed by atoms with E-state index >= 15 is 0 Å². The number of nitrogens with zero attached hydrogens (tertiary/aromatic N) is 12. The number of anilines is 2. The number of aromatic nitrogens is 8. The summed E-state index contributed by atoms with van der Waals surface area (Å²) in [6.45, 7) is 15.4. The molecule has 0 saturated carbocycles. The van der Waals surface area contributed by atoms with E-state index < -0.39 is 41.7 Å². The lowest BCUT2D eigenvalue weighted by molar-refractivity contribution is -0.143. The van der Waals surface area contributed by atoms with E-state index in [2.05, 4.69) is 53.5 Å². The molecule has 5 N–H and O–H groups in total. The van der Waals surface area contributed by atoms with Crippen LogP contribution in [0.3, 0.4) is 0 Å². The monoisotopic (exact) mass is 1030 g/mol. The van der Waals surface area contributed by atoms with Crippen molar-refractivity contribution in [2.45, 2.75) is 128 Å². The molecule has 386 valence electrons. The SMILES string of the molecule is Cc1ncsc1-c1ccc([C@@H](NC(=O)[C@@H]2C[C@@H](O)CN2C(=O)[C@@H](C(C)C)n2cc(OCCCCN3CCCN(c4nccc(-c5noc([C@@]6(C)CCCc7sc(N)c(C#N)c76)n5)n4)[C@@H](C)C3)nn2)[C@H](C)O)cc1. The average molecular weight is 1030 g/mol. The minimum Gasteiger partial charge on any atom is -0.475 e. The van der Waals surface area contributed by atoms with E-state index in [1.807, 2.05) is 52.0 Å². The number of rotatable bonds is 17. The van der Waals surface area contributed by atoms with Crippen molar-refractivity contribution < 1.29 is 29.1 Å². The van der Waals surface area contributed by atoms with Gasteiger partial charge in [-0.25, -0.2) is 19.6 Å². The van der Waals surface area contributed by atoms with Crippen molar-refractivity contribution >= 4 is 45.4 Å². The Balaban J connectivity index is 0.759. The number of carbonyl (C=O) groups excluding carboxylic acids is 2. The highest BCUT2D eigenvalue weighted by atomic mass is 32.1. The zero-order valence-electron chi connectivity index (χ0n) is 42.1. The number of aliphatic hydroxyl groups excluding tert-OH is 2. The van der Waals surface area contributed by atoms with Crippen molar-refractivity contribution in [3.8, 4) is 33.9 Å². The summed E-state index contributed by atoms with van der Waals surface area (Å²) in [5, 5.41) is 47.9. The number of hydrogen-bond donors (Lipinski definition) is 4. The first-order chi connectivity index (χ1) is 35.1. The predicted molar refractivity (Wildman–Crippen MR) is 276 cm³/mol. The van der Waals surface area contributed by atoms with Crippen molar-refractivity contribution in [2.75, 3.05) is 50.0 Å². The first-order valence-electron chi connectivity index (χ1n) is 25.1. The molecule has 7 heterocycles. The number of unbranched alkanes of at least 4 members (excludes halogenated alkanes) is 1. The highest BCUT2D eigenvalue weighted by molar-refractivity contribution is 7.16. The molecule has 5 aromatic heterocycles. The summed E-state index contributed by atoms with van der Waals surface area (Å²) >= 11 is 3.02. The second kappa shape index (κ2) is 22.0. The van der Waals surface area contributed by atoms with Crippen LogP contribution < -0.4 is 20.7 Å². The topological polar surface area (TPSA) is 264 Å². The third-order valence-corrected chi connectivity index (χ3v) is 16.5. The number of β-amino-alcohol motifs (C(OH)–C–C–N with tert-alkyl or cyclic N) is 1. The van der Waals surface area contributed by atoms with Gasteiger partial charge < -0.3 is 45.2 Å². The van der Waals surface area contributed by atoms with Gasteiger partial charge in [0.25, 0.3) is 5.88 Å². The molecule has 0 bridgehead atoms. The lowest BCUT2D eigenvalue weighted by Gasteiger charge is -2.31. The molecule has 3 aliphatic rings. The molecule has 7 atom stereocenters. The van der Waals surface area contributed by atoms with Gasteiger partial charge in [-0.05, 0) is 102 Å². The number of amides is 2. The zero-order chi connectivity index (χ0) is 51.6. The molecule has 6 aromatic rings. The maximum atomic E-state index is 14.3. The van der Waals surface area contributed by atoms with E-state index in [4.69, 9.17) is 25.0 Å². The van der Waals surface area contributed by atoms with Gasteiger partial charge in [0.05, 0.1) is 58.1 Å². The van der Waals surface area contributed by atoms with Crippen molar-refractivity contribution in [3.63, 3.8) is 0 Å². The molecule has 9 rings (SSSR count). The minimum atomic E-state index is -0.955. The molecule has 0 radical (unpaired) electrons. The van der Waals surface area contributed by atoms with Crippen LogP contribution in [0.25, 0.3) is 22.0 Å². The number of nitrogen functional groups attached to an aromatic ring is 1. The van der Waals surface area contributed by atoms with Gasteiger partial charge in [-0.2, -0.15) is 10.2 Å². The molecule has 22 heteroatoms.